The molecule has 20 heavy (non-hydrogen) atoms. The standard InChI is InChI=1S/C12H14Cl2N2O3S/c1-19-5-4-15-12(18)16-11(17)7-20-10-6-8(13)2-3-9(10)14/h2-3,6H,4-5,7H2,1H3,(H2,15,16,17,18). The fourth-order valence-corrected chi connectivity index (χ4v) is 2.50. The SMILES string of the molecule is COCCNC(=O)NC(=O)CSc1cc(Cl)ccc1Cl. The first-order chi connectivity index (χ1) is 9.52. The fraction of sp³-hybridized carbons (Fsp3) is 0.333. The zero-order valence-corrected chi connectivity index (χ0v) is 13.1. The second-order valence-electron chi connectivity index (χ2n) is 3.66. The van der Waals surface area contributed by atoms with Crippen LogP contribution in [0.25, 0.3) is 0 Å². The van der Waals surface area contributed by atoms with Gasteiger partial charge in [0.15, 0.2) is 0 Å². The smallest absolute Gasteiger partial charge is 0.321 e. The van der Waals surface area contributed by atoms with Gasteiger partial charge in [0.1, 0.15) is 0 Å². The zero-order chi connectivity index (χ0) is 15.0. The minimum Gasteiger partial charge on any atom is -0.383 e. The summed E-state index contributed by atoms with van der Waals surface area (Å²) in [5.41, 5.74) is 0. The maximum absolute atomic E-state index is 11.6. The van der Waals surface area contributed by atoms with E-state index >= 15 is 0 Å². The van der Waals surface area contributed by atoms with Crippen LogP contribution in [-0.2, 0) is 9.53 Å². The Morgan fingerprint density at radius 1 is 1.35 bits per heavy atom. The summed E-state index contributed by atoms with van der Waals surface area (Å²) in [6.07, 6.45) is 0. The van der Waals surface area contributed by atoms with E-state index in [4.69, 9.17) is 27.9 Å². The molecular formula is C12H14Cl2N2O3S. The summed E-state index contributed by atoms with van der Waals surface area (Å²) in [7, 11) is 1.52. The second-order valence-corrected chi connectivity index (χ2v) is 5.52. The van der Waals surface area contributed by atoms with Crippen LogP contribution in [0.15, 0.2) is 23.1 Å². The van der Waals surface area contributed by atoms with Crippen LogP contribution in [-0.4, -0.2) is 38.0 Å². The number of ether oxygens (including phenoxy) is 1. The third-order valence-electron chi connectivity index (χ3n) is 2.10. The molecule has 0 atom stereocenters. The van der Waals surface area contributed by atoms with Crippen molar-refractivity contribution >= 4 is 46.9 Å². The lowest BCUT2D eigenvalue weighted by atomic mass is 10.4. The van der Waals surface area contributed by atoms with Gasteiger partial charge >= 0.3 is 6.03 Å². The van der Waals surface area contributed by atoms with Gasteiger partial charge in [0, 0.05) is 23.6 Å². The molecule has 0 saturated carbocycles. The molecule has 0 aromatic heterocycles. The van der Waals surface area contributed by atoms with Crippen molar-refractivity contribution in [2.45, 2.75) is 4.90 Å². The molecule has 1 aromatic rings. The highest BCUT2D eigenvalue weighted by molar-refractivity contribution is 8.00. The number of benzene rings is 1. The number of urea groups is 1. The van der Waals surface area contributed by atoms with Gasteiger partial charge in [0.25, 0.3) is 0 Å². The largest absolute Gasteiger partial charge is 0.383 e. The molecule has 0 aliphatic carbocycles. The van der Waals surface area contributed by atoms with Gasteiger partial charge in [0.05, 0.1) is 17.4 Å². The predicted octanol–water partition coefficient (Wildman–Crippen LogP) is 2.56. The lowest BCUT2D eigenvalue weighted by Gasteiger charge is -2.07. The lowest BCUT2D eigenvalue weighted by Crippen LogP contribution is -2.41. The molecule has 3 amide bonds. The van der Waals surface area contributed by atoms with E-state index in [-0.39, 0.29) is 5.75 Å². The summed E-state index contributed by atoms with van der Waals surface area (Å²) in [4.78, 5) is 23.6. The molecule has 0 fully saturated rings. The Labute approximate surface area is 131 Å². The first kappa shape index (κ1) is 17.1. The molecule has 0 heterocycles. The third kappa shape index (κ3) is 6.47. The summed E-state index contributed by atoms with van der Waals surface area (Å²) < 4.78 is 4.77. The number of hydrogen-bond donors (Lipinski definition) is 2. The van der Waals surface area contributed by atoms with E-state index in [1.54, 1.807) is 18.2 Å². The highest BCUT2D eigenvalue weighted by Crippen LogP contribution is 2.29. The average Bonchev–Trinajstić information content (AvgIpc) is 2.40. The fourth-order valence-electron chi connectivity index (χ4n) is 1.20. The van der Waals surface area contributed by atoms with Gasteiger partial charge < -0.3 is 10.1 Å². The van der Waals surface area contributed by atoms with Gasteiger partial charge in [-0.3, -0.25) is 10.1 Å². The maximum atomic E-state index is 11.6. The first-order valence-corrected chi connectivity index (χ1v) is 7.41. The van der Waals surface area contributed by atoms with Crippen LogP contribution in [0.1, 0.15) is 0 Å². The monoisotopic (exact) mass is 336 g/mol. The van der Waals surface area contributed by atoms with E-state index in [2.05, 4.69) is 10.6 Å². The Balaban J connectivity index is 2.36. The van der Waals surface area contributed by atoms with Crippen molar-refractivity contribution in [1.82, 2.24) is 10.6 Å². The van der Waals surface area contributed by atoms with Crippen LogP contribution in [0.5, 0.6) is 0 Å². The van der Waals surface area contributed by atoms with Crippen molar-refractivity contribution in [1.29, 1.82) is 0 Å². The van der Waals surface area contributed by atoms with Crippen LogP contribution in [0, 0.1) is 0 Å². The predicted molar refractivity (Wildman–Crippen MR) is 80.6 cm³/mol. The Kier molecular flexibility index (Phi) is 7.76. The molecule has 0 radical (unpaired) electrons. The van der Waals surface area contributed by atoms with E-state index < -0.39 is 11.9 Å². The quantitative estimate of drug-likeness (QED) is 0.618. The van der Waals surface area contributed by atoms with Gasteiger partial charge in [-0.25, -0.2) is 4.79 Å². The van der Waals surface area contributed by atoms with E-state index in [1.165, 1.54) is 18.9 Å². The molecule has 0 bridgehead atoms. The minimum absolute atomic E-state index is 0.0672. The lowest BCUT2D eigenvalue weighted by molar-refractivity contribution is -0.117. The van der Waals surface area contributed by atoms with Crippen molar-refractivity contribution in [2.75, 3.05) is 26.0 Å². The molecule has 110 valence electrons. The van der Waals surface area contributed by atoms with E-state index in [0.717, 1.165) is 0 Å². The number of carbonyl (C=O) groups is 2. The van der Waals surface area contributed by atoms with Crippen molar-refractivity contribution < 1.29 is 14.3 Å². The molecule has 5 nitrogen and oxygen atoms in total. The molecule has 1 aromatic carbocycles. The molecule has 8 heteroatoms. The summed E-state index contributed by atoms with van der Waals surface area (Å²) >= 11 is 13.0. The van der Waals surface area contributed by atoms with Crippen LogP contribution in [0.2, 0.25) is 10.0 Å². The highest BCUT2D eigenvalue weighted by atomic mass is 35.5. The molecule has 0 spiro atoms. The summed E-state index contributed by atoms with van der Waals surface area (Å²) in [5, 5.41) is 5.73. The van der Waals surface area contributed by atoms with Crippen molar-refractivity contribution in [3.63, 3.8) is 0 Å². The zero-order valence-electron chi connectivity index (χ0n) is 10.7. The van der Waals surface area contributed by atoms with Crippen molar-refractivity contribution in [2.24, 2.45) is 0 Å². The van der Waals surface area contributed by atoms with Crippen LogP contribution in [0.4, 0.5) is 4.79 Å². The number of imide groups is 1. The first-order valence-electron chi connectivity index (χ1n) is 5.67. The van der Waals surface area contributed by atoms with Crippen LogP contribution < -0.4 is 10.6 Å². The Hall–Kier alpha value is -0.950. The normalized spacial score (nSPS) is 10.2. The number of methoxy groups -OCH3 is 1. The Morgan fingerprint density at radius 3 is 2.80 bits per heavy atom. The van der Waals surface area contributed by atoms with Crippen LogP contribution in [0.3, 0.4) is 0 Å². The van der Waals surface area contributed by atoms with E-state index in [9.17, 15) is 9.59 Å². The Morgan fingerprint density at radius 2 is 2.10 bits per heavy atom. The van der Waals surface area contributed by atoms with Gasteiger partial charge in [-0.2, -0.15) is 0 Å². The molecular weight excluding hydrogens is 323 g/mol. The molecule has 0 saturated heterocycles. The Bertz CT molecular complexity index is 486. The van der Waals surface area contributed by atoms with E-state index in [0.29, 0.717) is 28.1 Å². The molecule has 0 unspecified atom stereocenters. The average molecular weight is 337 g/mol. The molecule has 2 N–H and O–H groups in total. The number of halogens is 2. The number of amides is 3. The van der Waals surface area contributed by atoms with Gasteiger partial charge in [-0.1, -0.05) is 23.2 Å². The number of thioether (sulfide) groups is 1. The second kappa shape index (κ2) is 9.07. The van der Waals surface area contributed by atoms with Crippen molar-refractivity contribution in [3.8, 4) is 0 Å². The van der Waals surface area contributed by atoms with Gasteiger partial charge in [-0.15, -0.1) is 11.8 Å². The number of hydrogen-bond acceptors (Lipinski definition) is 4. The summed E-state index contributed by atoms with van der Waals surface area (Å²) in [6, 6.07) is 4.43. The summed E-state index contributed by atoms with van der Waals surface area (Å²) in [5.74, 6) is -0.349. The number of carbonyl (C=O) groups excluding carboxylic acids is 2. The van der Waals surface area contributed by atoms with E-state index in [1.807, 2.05) is 0 Å². The third-order valence-corrected chi connectivity index (χ3v) is 3.83. The minimum atomic E-state index is -0.551. The molecule has 1 rings (SSSR count). The number of nitrogens with one attached hydrogen (secondary N) is 2. The molecule has 0 aliphatic rings. The highest BCUT2D eigenvalue weighted by Gasteiger charge is 2.09. The van der Waals surface area contributed by atoms with Crippen molar-refractivity contribution in [3.05, 3.63) is 28.2 Å². The van der Waals surface area contributed by atoms with Gasteiger partial charge in [-0.05, 0) is 18.2 Å². The number of rotatable bonds is 6. The molecule has 0 aliphatic heterocycles. The topological polar surface area (TPSA) is 67.4 Å². The van der Waals surface area contributed by atoms with Gasteiger partial charge in [0.2, 0.25) is 5.91 Å². The summed E-state index contributed by atoms with van der Waals surface area (Å²) in [6.45, 7) is 0.720. The maximum Gasteiger partial charge on any atom is 0.321 e. The van der Waals surface area contributed by atoms with Crippen LogP contribution >= 0.6 is 35.0 Å².